The van der Waals surface area contributed by atoms with Gasteiger partial charge in [-0.2, -0.15) is 0 Å². The molecule has 0 aliphatic heterocycles. The van der Waals surface area contributed by atoms with Gasteiger partial charge in [-0.15, -0.1) is 0 Å². The van der Waals surface area contributed by atoms with Crippen molar-refractivity contribution in [1.82, 2.24) is 0 Å². The lowest BCUT2D eigenvalue weighted by molar-refractivity contribution is 0.438. The van der Waals surface area contributed by atoms with Crippen LogP contribution in [0.1, 0.15) is 17.2 Å². The first-order chi connectivity index (χ1) is 9.71. The summed E-state index contributed by atoms with van der Waals surface area (Å²) in [5, 5.41) is 0. The molecular formula is C14H12F3NO2S. The third kappa shape index (κ3) is 3.08. The van der Waals surface area contributed by atoms with Crippen molar-refractivity contribution in [3.05, 3.63) is 65.0 Å². The van der Waals surface area contributed by atoms with E-state index in [2.05, 4.69) is 0 Å². The quantitative estimate of drug-likeness (QED) is 0.886. The highest BCUT2D eigenvalue weighted by molar-refractivity contribution is 7.90. The van der Waals surface area contributed by atoms with E-state index in [9.17, 15) is 21.6 Å². The van der Waals surface area contributed by atoms with E-state index in [1.807, 2.05) is 0 Å². The van der Waals surface area contributed by atoms with Crippen LogP contribution in [0.2, 0.25) is 0 Å². The summed E-state index contributed by atoms with van der Waals surface area (Å²) in [5.74, 6) is -4.30. The zero-order valence-electron chi connectivity index (χ0n) is 11.0. The molecule has 1 atom stereocenters. The van der Waals surface area contributed by atoms with Gasteiger partial charge in [-0.05, 0) is 23.8 Å². The van der Waals surface area contributed by atoms with Crippen LogP contribution in [0.15, 0.2) is 41.3 Å². The number of hydrogen-bond acceptors (Lipinski definition) is 3. The monoisotopic (exact) mass is 315 g/mol. The first-order valence-corrected chi connectivity index (χ1v) is 7.80. The molecule has 2 N–H and O–H groups in total. The maximum Gasteiger partial charge on any atom is 0.194 e. The van der Waals surface area contributed by atoms with Gasteiger partial charge < -0.3 is 5.73 Å². The minimum atomic E-state index is -3.45. The molecular weight excluding hydrogens is 303 g/mol. The second kappa shape index (κ2) is 5.50. The van der Waals surface area contributed by atoms with Gasteiger partial charge in [-0.3, -0.25) is 0 Å². The molecule has 3 nitrogen and oxygen atoms in total. The Labute approximate surface area is 120 Å². The highest BCUT2D eigenvalue weighted by Crippen LogP contribution is 2.26. The van der Waals surface area contributed by atoms with Gasteiger partial charge in [0.05, 0.1) is 10.9 Å². The van der Waals surface area contributed by atoms with Crippen LogP contribution in [-0.4, -0.2) is 14.7 Å². The Hall–Kier alpha value is -1.86. The second-order valence-electron chi connectivity index (χ2n) is 4.59. The topological polar surface area (TPSA) is 60.2 Å². The van der Waals surface area contributed by atoms with E-state index in [1.54, 1.807) is 0 Å². The fourth-order valence-corrected chi connectivity index (χ4v) is 2.58. The molecule has 0 aliphatic carbocycles. The van der Waals surface area contributed by atoms with E-state index < -0.39 is 33.3 Å². The molecule has 0 saturated heterocycles. The molecule has 0 aromatic heterocycles. The van der Waals surface area contributed by atoms with Crippen LogP contribution in [0.3, 0.4) is 0 Å². The van der Waals surface area contributed by atoms with E-state index in [1.165, 1.54) is 24.3 Å². The van der Waals surface area contributed by atoms with Crippen molar-refractivity contribution >= 4 is 9.84 Å². The molecule has 0 saturated carbocycles. The Morgan fingerprint density at radius 2 is 1.71 bits per heavy atom. The first-order valence-electron chi connectivity index (χ1n) is 5.91. The fourth-order valence-electron chi connectivity index (χ4n) is 1.90. The van der Waals surface area contributed by atoms with Crippen molar-refractivity contribution < 1.29 is 21.6 Å². The Morgan fingerprint density at radius 1 is 1.05 bits per heavy atom. The molecule has 0 aliphatic rings. The molecule has 2 aromatic rings. The average Bonchev–Trinajstić information content (AvgIpc) is 2.43. The molecule has 0 spiro atoms. The molecule has 0 radical (unpaired) electrons. The van der Waals surface area contributed by atoms with Gasteiger partial charge in [-0.1, -0.05) is 18.2 Å². The van der Waals surface area contributed by atoms with Gasteiger partial charge in [0.15, 0.2) is 27.3 Å². The zero-order valence-corrected chi connectivity index (χ0v) is 11.8. The van der Waals surface area contributed by atoms with Crippen molar-refractivity contribution in [3.63, 3.8) is 0 Å². The van der Waals surface area contributed by atoms with Crippen molar-refractivity contribution in [1.29, 1.82) is 0 Å². The molecule has 112 valence electrons. The van der Waals surface area contributed by atoms with Crippen molar-refractivity contribution in [2.24, 2.45) is 5.73 Å². The summed E-state index contributed by atoms with van der Waals surface area (Å²) in [7, 11) is -3.45. The lowest BCUT2D eigenvalue weighted by atomic mass is 9.99. The molecule has 0 heterocycles. The lowest BCUT2D eigenvalue weighted by Gasteiger charge is -2.15. The van der Waals surface area contributed by atoms with Gasteiger partial charge >= 0.3 is 0 Å². The number of rotatable bonds is 3. The molecule has 0 bridgehead atoms. The lowest BCUT2D eigenvalue weighted by Crippen LogP contribution is -2.15. The van der Waals surface area contributed by atoms with Crippen LogP contribution < -0.4 is 5.73 Å². The first kappa shape index (κ1) is 15.5. The highest BCUT2D eigenvalue weighted by Gasteiger charge is 2.20. The summed E-state index contributed by atoms with van der Waals surface area (Å²) in [6.07, 6.45) is 1.02. The zero-order chi connectivity index (χ0) is 15.8. The fraction of sp³-hybridized carbons (Fsp3) is 0.143. The van der Waals surface area contributed by atoms with Crippen LogP contribution in [0.25, 0.3) is 0 Å². The average molecular weight is 315 g/mol. The van der Waals surface area contributed by atoms with E-state index in [0.29, 0.717) is 0 Å². The van der Waals surface area contributed by atoms with Crippen LogP contribution >= 0.6 is 0 Å². The smallest absolute Gasteiger partial charge is 0.194 e. The number of halogens is 3. The van der Waals surface area contributed by atoms with Crippen molar-refractivity contribution in [2.75, 3.05) is 6.26 Å². The van der Waals surface area contributed by atoms with Gasteiger partial charge in [0.2, 0.25) is 0 Å². The third-order valence-corrected chi connectivity index (χ3v) is 4.16. The largest absolute Gasteiger partial charge is 0.320 e. The maximum atomic E-state index is 13.7. The predicted octanol–water partition coefficient (Wildman–Crippen LogP) is 2.56. The summed E-state index contributed by atoms with van der Waals surface area (Å²) in [6, 6.07) is 6.28. The standard InChI is InChI=1S/C14H12F3NO2S/c1-21(19,20)9-4-2-3-8(7-9)14(18)10-5-6-11(15)13(17)12(10)16/h2-7,14H,18H2,1H3. The normalized spacial score (nSPS) is 13.2. The Morgan fingerprint density at radius 3 is 2.33 bits per heavy atom. The molecule has 1 unspecified atom stereocenters. The summed E-state index contributed by atoms with van der Waals surface area (Å²) >= 11 is 0. The summed E-state index contributed by atoms with van der Waals surface area (Å²) < 4.78 is 62.8. The van der Waals surface area contributed by atoms with Crippen molar-refractivity contribution in [2.45, 2.75) is 10.9 Å². The van der Waals surface area contributed by atoms with E-state index in [-0.39, 0.29) is 16.0 Å². The van der Waals surface area contributed by atoms with Crippen LogP contribution in [-0.2, 0) is 9.84 Å². The minimum Gasteiger partial charge on any atom is -0.320 e. The molecule has 0 fully saturated rings. The molecule has 21 heavy (non-hydrogen) atoms. The van der Waals surface area contributed by atoms with Gasteiger partial charge in [0, 0.05) is 11.8 Å². The molecule has 7 heteroatoms. The summed E-state index contributed by atoms with van der Waals surface area (Å²) in [5.41, 5.74) is 5.85. The Balaban J connectivity index is 2.51. The van der Waals surface area contributed by atoms with Gasteiger partial charge in [0.1, 0.15) is 0 Å². The van der Waals surface area contributed by atoms with E-state index >= 15 is 0 Å². The van der Waals surface area contributed by atoms with Crippen molar-refractivity contribution in [3.8, 4) is 0 Å². The third-order valence-electron chi connectivity index (χ3n) is 3.05. The number of sulfone groups is 1. The van der Waals surface area contributed by atoms with Gasteiger partial charge in [0.25, 0.3) is 0 Å². The minimum absolute atomic E-state index is 0.0124. The molecule has 2 rings (SSSR count). The highest BCUT2D eigenvalue weighted by atomic mass is 32.2. The second-order valence-corrected chi connectivity index (χ2v) is 6.60. The number of nitrogens with two attached hydrogens (primary N) is 1. The summed E-state index contributed by atoms with van der Waals surface area (Å²) in [4.78, 5) is 0.0124. The SMILES string of the molecule is CS(=O)(=O)c1cccc(C(N)c2ccc(F)c(F)c2F)c1. The number of benzene rings is 2. The Bertz CT molecular complexity index is 791. The van der Waals surface area contributed by atoms with Gasteiger partial charge in [-0.25, -0.2) is 21.6 Å². The summed E-state index contributed by atoms with van der Waals surface area (Å²) in [6.45, 7) is 0. The van der Waals surface area contributed by atoms with E-state index in [0.717, 1.165) is 18.4 Å². The van der Waals surface area contributed by atoms with Crippen LogP contribution in [0.4, 0.5) is 13.2 Å². The van der Waals surface area contributed by atoms with Crippen LogP contribution in [0.5, 0.6) is 0 Å². The predicted molar refractivity (Wildman–Crippen MR) is 71.9 cm³/mol. The van der Waals surface area contributed by atoms with E-state index in [4.69, 9.17) is 5.73 Å². The van der Waals surface area contributed by atoms with Crippen LogP contribution in [0, 0.1) is 17.5 Å². The molecule has 0 amide bonds. The number of hydrogen-bond donors (Lipinski definition) is 1. The maximum absolute atomic E-state index is 13.7. The molecule has 2 aromatic carbocycles. The Kier molecular flexibility index (Phi) is 4.06.